The Morgan fingerprint density at radius 3 is 2.41 bits per heavy atom. The lowest BCUT2D eigenvalue weighted by Crippen LogP contribution is -2.51. The second-order valence-electron chi connectivity index (χ2n) is 8.49. The summed E-state index contributed by atoms with van der Waals surface area (Å²) in [4.78, 5) is 14.0. The molecule has 0 aliphatic rings. The number of methoxy groups -OCH3 is 1. The minimum atomic E-state index is -4.99. The molecule has 172 valence electrons. The average molecular weight is 453 g/mol. The van der Waals surface area contributed by atoms with Crippen molar-refractivity contribution < 1.29 is 37.3 Å². The van der Waals surface area contributed by atoms with Crippen LogP contribution in [0.2, 0.25) is 0 Å². The largest absolute Gasteiger partial charge is 0.493 e. The van der Waals surface area contributed by atoms with Crippen molar-refractivity contribution in [2.45, 2.75) is 43.9 Å². The van der Waals surface area contributed by atoms with E-state index in [1.807, 2.05) is 0 Å². The number of H-pyrrole nitrogens is 1. The number of alkyl halides is 3. The normalized spacial score (nSPS) is 14.4. The van der Waals surface area contributed by atoms with Gasteiger partial charge < -0.3 is 19.9 Å². The fourth-order valence-electron chi connectivity index (χ4n) is 4.07. The number of hydrogen-bond donors (Lipinski definition) is 3. The van der Waals surface area contributed by atoms with Gasteiger partial charge in [-0.2, -0.15) is 13.2 Å². The summed E-state index contributed by atoms with van der Waals surface area (Å²) in [7, 11) is 1.23. The fourth-order valence-corrected chi connectivity index (χ4v) is 4.07. The van der Waals surface area contributed by atoms with Gasteiger partial charge in [0.05, 0.1) is 12.7 Å². The van der Waals surface area contributed by atoms with Crippen LogP contribution >= 0.6 is 0 Å². The summed E-state index contributed by atoms with van der Waals surface area (Å²) < 4.78 is 61.4. The van der Waals surface area contributed by atoms with Crippen molar-refractivity contribution in [1.82, 2.24) is 4.98 Å². The first-order valence-corrected chi connectivity index (χ1v) is 9.74. The van der Waals surface area contributed by atoms with Gasteiger partial charge in [0.2, 0.25) is 0 Å². The van der Waals surface area contributed by atoms with Gasteiger partial charge in [-0.05, 0) is 42.2 Å². The maximum Gasteiger partial charge on any atom is 0.417 e. The van der Waals surface area contributed by atoms with E-state index in [4.69, 9.17) is 9.84 Å². The molecule has 0 radical (unpaired) electrons. The number of aliphatic hydroxyl groups is 1. The zero-order chi connectivity index (χ0) is 23.9. The van der Waals surface area contributed by atoms with Gasteiger partial charge in [-0.1, -0.05) is 26.0 Å². The third-order valence-corrected chi connectivity index (χ3v) is 5.57. The summed E-state index contributed by atoms with van der Waals surface area (Å²) in [6.45, 7) is 2.96. The van der Waals surface area contributed by atoms with E-state index in [1.165, 1.54) is 57.4 Å². The van der Waals surface area contributed by atoms with Gasteiger partial charge in [-0.15, -0.1) is 0 Å². The van der Waals surface area contributed by atoms with Crippen molar-refractivity contribution >= 4 is 16.9 Å². The molecule has 1 aromatic heterocycles. The molecule has 3 aromatic rings. The third-order valence-electron chi connectivity index (χ3n) is 5.57. The Morgan fingerprint density at radius 2 is 1.81 bits per heavy atom. The quantitative estimate of drug-likeness (QED) is 0.429. The zero-order valence-corrected chi connectivity index (χ0v) is 17.7. The van der Waals surface area contributed by atoms with E-state index in [9.17, 15) is 27.5 Å². The number of nitrogens with one attached hydrogen (secondary N) is 1. The molecule has 9 heteroatoms. The van der Waals surface area contributed by atoms with Crippen LogP contribution in [0.3, 0.4) is 0 Å². The number of para-hydroxylation sites is 1. The second kappa shape index (κ2) is 8.12. The van der Waals surface area contributed by atoms with Crippen molar-refractivity contribution in [2.75, 3.05) is 7.11 Å². The number of ether oxygens (including phenoxy) is 1. The molecule has 0 aliphatic carbocycles. The topological polar surface area (TPSA) is 82.6 Å². The first-order valence-electron chi connectivity index (χ1n) is 9.74. The smallest absolute Gasteiger partial charge is 0.417 e. The summed E-state index contributed by atoms with van der Waals surface area (Å²) >= 11 is 0. The minimum absolute atomic E-state index is 0.00605. The van der Waals surface area contributed by atoms with Crippen LogP contribution in [0.1, 0.15) is 41.9 Å². The van der Waals surface area contributed by atoms with E-state index in [1.54, 1.807) is 0 Å². The van der Waals surface area contributed by atoms with E-state index in [0.29, 0.717) is 10.9 Å². The van der Waals surface area contributed by atoms with Gasteiger partial charge in [-0.25, -0.2) is 9.18 Å². The predicted molar refractivity (Wildman–Crippen MR) is 111 cm³/mol. The van der Waals surface area contributed by atoms with Crippen LogP contribution in [0.15, 0.2) is 42.5 Å². The van der Waals surface area contributed by atoms with Gasteiger partial charge in [0.15, 0.2) is 17.2 Å². The van der Waals surface area contributed by atoms with Crippen LogP contribution in [0.5, 0.6) is 5.75 Å². The average Bonchev–Trinajstić information content (AvgIpc) is 3.07. The van der Waals surface area contributed by atoms with Gasteiger partial charge in [0.25, 0.3) is 0 Å². The molecular formula is C23H23F4NO4. The summed E-state index contributed by atoms with van der Waals surface area (Å²) in [5, 5.41) is 20.3. The monoisotopic (exact) mass is 453 g/mol. The number of aromatic carboxylic acids is 1. The van der Waals surface area contributed by atoms with Crippen LogP contribution in [0.4, 0.5) is 17.6 Å². The molecule has 0 saturated heterocycles. The summed E-state index contributed by atoms with van der Waals surface area (Å²) in [6, 6.07) is 9.50. The standard InChI is InChI=1S/C23H23F4NO4/c1-21(2,16-5-4-6-17(24)19(16)32-3)12-22(31,23(25,26)27)11-15-10-14-9-13(20(29)30)7-8-18(14)28-15/h4-10,28,31H,11-12H2,1-3H3,(H,29,30)/t22-/m1/s1. The Morgan fingerprint density at radius 1 is 1.12 bits per heavy atom. The van der Waals surface area contributed by atoms with Crippen molar-refractivity contribution in [3.8, 4) is 5.75 Å². The number of carboxylic acids is 1. The van der Waals surface area contributed by atoms with Crippen LogP contribution in [-0.4, -0.2) is 40.1 Å². The molecule has 5 nitrogen and oxygen atoms in total. The molecule has 2 aromatic carbocycles. The summed E-state index contributed by atoms with van der Waals surface area (Å²) in [5.74, 6) is -2.04. The Balaban J connectivity index is 2.00. The molecule has 1 atom stereocenters. The Hall–Kier alpha value is -3.07. The van der Waals surface area contributed by atoms with Crippen LogP contribution in [-0.2, 0) is 11.8 Å². The van der Waals surface area contributed by atoms with E-state index < -0.39 is 41.8 Å². The van der Waals surface area contributed by atoms with E-state index in [0.717, 1.165) is 6.07 Å². The lowest BCUT2D eigenvalue weighted by Gasteiger charge is -2.38. The summed E-state index contributed by atoms with van der Waals surface area (Å²) in [6.07, 6.45) is -6.55. The number of halogens is 4. The second-order valence-corrected chi connectivity index (χ2v) is 8.49. The maximum atomic E-state index is 14.1. The number of benzene rings is 2. The van der Waals surface area contributed by atoms with Gasteiger partial charge >= 0.3 is 12.1 Å². The number of fused-ring (bicyclic) bond motifs is 1. The Bertz CT molecular complexity index is 1150. The molecule has 1 heterocycles. The molecule has 0 saturated carbocycles. The van der Waals surface area contributed by atoms with Crippen LogP contribution < -0.4 is 4.74 Å². The highest BCUT2D eigenvalue weighted by Crippen LogP contribution is 2.45. The fraction of sp³-hybridized carbons (Fsp3) is 0.348. The van der Waals surface area contributed by atoms with Gasteiger partial charge in [0.1, 0.15) is 0 Å². The molecular weight excluding hydrogens is 430 g/mol. The third kappa shape index (κ3) is 4.43. The van der Waals surface area contributed by atoms with Crippen molar-refractivity contribution in [3.05, 3.63) is 65.1 Å². The molecule has 0 fully saturated rings. The molecule has 0 amide bonds. The number of carbonyl (C=O) groups is 1. The first-order chi connectivity index (χ1) is 14.8. The minimum Gasteiger partial charge on any atom is -0.493 e. The highest BCUT2D eigenvalue weighted by Gasteiger charge is 2.56. The molecule has 32 heavy (non-hydrogen) atoms. The SMILES string of the molecule is COc1c(F)cccc1C(C)(C)C[C@](O)(Cc1cc2cc(C(=O)O)ccc2[nH]1)C(F)(F)F. The lowest BCUT2D eigenvalue weighted by molar-refractivity contribution is -0.266. The van der Waals surface area contributed by atoms with E-state index in [-0.39, 0.29) is 22.6 Å². The molecule has 0 spiro atoms. The van der Waals surface area contributed by atoms with Gasteiger partial charge in [0, 0.05) is 28.6 Å². The van der Waals surface area contributed by atoms with Crippen LogP contribution in [0, 0.1) is 5.82 Å². The summed E-state index contributed by atoms with van der Waals surface area (Å²) in [5.41, 5.74) is -3.73. The number of carboxylic acid groups (broad SMARTS) is 1. The lowest BCUT2D eigenvalue weighted by atomic mass is 9.73. The van der Waals surface area contributed by atoms with E-state index >= 15 is 0 Å². The van der Waals surface area contributed by atoms with Crippen molar-refractivity contribution in [3.63, 3.8) is 0 Å². The van der Waals surface area contributed by atoms with Crippen molar-refractivity contribution in [1.29, 1.82) is 0 Å². The number of aromatic nitrogens is 1. The molecule has 3 rings (SSSR count). The van der Waals surface area contributed by atoms with Crippen LogP contribution in [0.25, 0.3) is 10.9 Å². The highest BCUT2D eigenvalue weighted by atomic mass is 19.4. The predicted octanol–water partition coefficient (Wildman–Crippen LogP) is 5.22. The number of hydrogen-bond acceptors (Lipinski definition) is 3. The zero-order valence-electron chi connectivity index (χ0n) is 17.7. The number of aromatic amines is 1. The Labute approximate surface area is 181 Å². The Kier molecular flexibility index (Phi) is 5.99. The van der Waals surface area contributed by atoms with E-state index in [2.05, 4.69) is 4.98 Å². The molecule has 0 aliphatic heterocycles. The molecule has 0 unspecified atom stereocenters. The highest BCUT2D eigenvalue weighted by molar-refractivity contribution is 5.93. The maximum absolute atomic E-state index is 14.1. The first kappa shape index (κ1) is 23.6. The van der Waals surface area contributed by atoms with Crippen molar-refractivity contribution in [2.24, 2.45) is 0 Å². The van der Waals surface area contributed by atoms with Gasteiger partial charge in [-0.3, -0.25) is 0 Å². The number of rotatable bonds is 7. The molecule has 0 bridgehead atoms. The molecule has 3 N–H and O–H groups in total.